The third-order valence-electron chi connectivity index (χ3n) is 3.52. The number of hydrogen-bond acceptors (Lipinski definition) is 5. The lowest BCUT2D eigenvalue weighted by molar-refractivity contribution is -0.384. The van der Waals surface area contributed by atoms with E-state index in [0.29, 0.717) is 31.8 Å². The zero-order chi connectivity index (χ0) is 15.4. The van der Waals surface area contributed by atoms with Crippen LogP contribution in [0.4, 0.5) is 15.8 Å². The quantitative estimate of drug-likeness (QED) is 0.485. The Labute approximate surface area is 121 Å². The average molecular weight is 296 g/mol. The highest BCUT2D eigenvalue weighted by Crippen LogP contribution is 2.32. The molecule has 0 aromatic heterocycles. The van der Waals surface area contributed by atoms with Crippen LogP contribution in [0.5, 0.6) is 0 Å². The van der Waals surface area contributed by atoms with Crippen molar-refractivity contribution in [2.75, 3.05) is 24.6 Å². The Balaban J connectivity index is 2.22. The summed E-state index contributed by atoms with van der Waals surface area (Å²) in [5.41, 5.74) is 0.0647. The van der Waals surface area contributed by atoms with Crippen LogP contribution >= 0.6 is 0 Å². The lowest BCUT2D eigenvalue weighted by atomic mass is 9.97. The molecule has 2 rings (SSSR count). The largest absolute Gasteiger partial charge is 0.466 e. The number of nitro benzene ring substituents is 1. The molecule has 114 valence electrons. The third kappa shape index (κ3) is 3.48. The molecule has 0 amide bonds. The predicted molar refractivity (Wildman–Crippen MR) is 74.6 cm³/mol. The average Bonchev–Trinajstić information content (AvgIpc) is 2.47. The molecule has 0 bridgehead atoms. The summed E-state index contributed by atoms with van der Waals surface area (Å²) in [6.45, 7) is 3.00. The van der Waals surface area contributed by atoms with E-state index in [-0.39, 0.29) is 17.6 Å². The molecule has 0 radical (unpaired) electrons. The summed E-state index contributed by atoms with van der Waals surface area (Å²) in [7, 11) is 0. The van der Waals surface area contributed by atoms with Crippen LogP contribution in [0.25, 0.3) is 0 Å². The fourth-order valence-electron chi connectivity index (χ4n) is 2.56. The maximum atomic E-state index is 13.2. The van der Waals surface area contributed by atoms with Crippen LogP contribution in [0.2, 0.25) is 0 Å². The van der Waals surface area contributed by atoms with E-state index in [0.717, 1.165) is 12.5 Å². The van der Waals surface area contributed by atoms with Crippen molar-refractivity contribution in [3.05, 3.63) is 34.1 Å². The summed E-state index contributed by atoms with van der Waals surface area (Å²) in [5, 5.41) is 11.1. The monoisotopic (exact) mass is 296 g/mol. The van der Waals surface area contributed by atoms with Crippen LogP contribution in [0, 0.1) is 21.8 Å². The number of piperidine rings is 1. The molecular formula is C14H17FN2O4. The van der Waals surface area contributed by atoms with Gasteiger partial charge in [-0.1, -0.05) is 0 Å². The number of carbonyl (C=O) groups excluding carboxylic acids is 1. The number of nitrogens with zero attached hydrogens (tertiary/aromatic N) is 2. The maximum absolute atomic E-state index is 13.2. The van der Waals surface area contributed by atoms with Crippen LogP contribution < -0.4 is 4.90 Å². The minimum absolute atomic E-state index is 0.278. The molecule has 1 heterocycles. The van der Waals surface area contributed by atoms with Gasteiger partial charge in [0.2, 0.25) is 0 Å². The molecule has 21 heavy (non-hydrogen) atoms. The van der Waals surface area contributed by atoms with Gasteiger partial charge in [0.25, 0.3) is 5.69 Å². The number of rotatable bonds is 4. The first-order valence-corrected chi connectivity index (χ1v) is 6.88. The number of hydrogen-bond donors (Lipinski definition) is 0. The molecule has 1 aliphatic heterocycles. The van der Waals surface area contributed by atoms with Crippen molar-refractivity contribution in [3.63, 3.8) is 0 Å². The Morgan fingerprint density at radius 3 is 3.00 bits per heavy atom. The van der Waals surface area contributed by atoms with Crippen LogP contribution in [0.1, 0.15) is 19.8 Å². The van der Waals surface area contributed by atoms with Crippen molar-refractivity contribution < 1.29 is 18.8 Å². The first kappa shape index (κ1) is 15.2. The van der Waals surface area contributed by atoms with Crippen molar-refractivity contribution in [2.45, 2.75) is 19.8 Å². The van der Waals surface area contributed by atoms with E-state index in [1.165, 1.54) is 12.1 Å². The Kier molecular flexibility index (Phi) is 4.72. The van der Waals surface area contributed by atoms with Gasteiger partial charge >= 0.3 is 5.97 Å². The van der Waals surface area contributed by atoms with E-state index >= 15 is 0 Å². The fraction of sp³-hybridized carbons (Fsp3) is 0.500. The highest BCUT2D eigenvalue weighted by Gasteiger charge is 2.30. The Hall–Kier alpha value is -2.18. The van der Waals surface area contributed by atoms with Crippen molar-refractivity contribution in [2.24, 2.45) is 5.92 Å². The Bertz CT molecular complexity index is 550. The van der Waals surface area contributed by atoms with Gasteiger partial charge in [0.05, 0.1) is 23.5 Å². The Morgan fingerprint density at radius 1 is 1.57 bits per heavy atom. The lowest BCUT2D eigenvalue weighted by Gasteiger charge is -2.32. The second-order valence-electron chi connectivity index (χ2n) is 4.93. The van der Waals surface area contributed by atoms with Gasteiger partial charge in [0.1, 0.15) is 11.5 Å². The number of anilines is 1. The molecule has 1 unspecified atom stereocenters. The molecule has 0 saturated carbocycles. The SMILES string of the molecule is CCOC(=O)C1CCCN(c2ccc(F)cc2[N+](=O)[O-])C1. The van der Waals surface area contributed by atoms with Crippen LogP contribution in [-0.4, -0.2) is 30.6 Å². The summed E-state index contributed by atoms with van der Waals surface area (Å²) in [6, 6.07) is 3.49. The van der Waals surface area contributed by atoms with E-state index in [2.05, 4.69) is 0 Å². The van der Waals surface area contributed by atoms with Gasteiger partial charge in [-0.2, -0.15) is 0 Å². The van der Waals surface area contributed by atoms with Gasteiger partial charge in [-0.15, -0.1) is 0 Å². The topological polar surface area (TPSA) is 72.7 Å². The summed E-state index contributed by atoms with van der Waals surface area (Å²) >= 11 is 0. The molecule has 1 fully saturated rings. The number of esters is 1. The molecule has 1 aromatic rings. The minimum atomic E-state index is -0.649. The van der Waals surface area contributed by atoms with Crippen molar-refractivity contribution in [1.82, 2.24) is 0 Å². The van der Waals surface area contributed by atoms with Crippen LogP contribution in [-0.2, 0) is 9.53 Å². The standard InChI is InChI=1S/C14H17FN2O4/c1-2-21-14(18)10-4-3-7-16(9-10)12-6-5-11(15)8-13(12)17(19)20/h5-6,8,10H,2-4,7,9H2,1H3. The van der Waals surface area contributed by atoms with Crippen LogP contribution in [0.15, 0.2) is 18.2 Å². The third-order valence-corrected chi connectivity index (χ3v) is 3.52. The summed E-state index contributed by atoms with van der Waals surface area (Å²) in [5.74, 6) is -1.24. The highest BCUT2D eigenvalue weighted by molar-refractivity contribution is 5.74. The van der Waals surface area contributed by atoms with E-state index in [9.17, 15) is 19.3 Å². The molecule has 1 saturated heterocycles. The minimum Gasteiger partial charge on any atom is -0.466 e. The Morgan fingerprint density at radius 2 is 2.33 bits per heavy atom. The number of halogens is 1. The number of nitro groups is 1. The van der Waals surface area contributed by atoms with Crippen molar-refractivity contribution in [3.8, 4) is 0 Å². The first-order valence-electron chi connectivity index (χ1n) is 6.88. The van der Waals surface area contributed by atoms with E-state index in [4.69, 9.17) is 4.74 Å². The number of ether oxygens (including phenoxy) is 1. The van der Waals surface area contributed by atoms with Crippen LogP contribution in [0.3, 0.4) is 0 Å². The summed E-state index contributed by atoms with van der Waals surface area (Å²) < 4.78 is 18.2. The van der Waals surface area contributed by atoms with Crippen molar-refractivity contribution >= 4 is 17.3 Å². The highest BCUT2D eigenvalue weighted by atomic mass is 19.1. The number of benzene rings is 1. The first-order chi connectivity index (χ1) is 10.0. The summed E-state index contributed by atoms with van der Waals surface area (Å²) in [4.78, 5) is 24.0. The normalized spacial score (nSPS) is 18.4. The molecule has 6 nitrogen and oxygen atoms in total. The zero-order valence-electron chi connectivity index (χ0n) is 11.8. The molecule has 0 N–H and O–H groups in total. The maximum Gasteiger partial charge on any atom is 0.310 e. The molecule has 1 atom stereocenters. The van der Waals surface area contributed by atoms with Gasteiger partial charge in [-0.3, -0.25) is 14.9 Å². The van der Waals surface area contributed by atoms with Gasteiger partial charge in [0.15, 0.2) is 0 Å². The van der Waals surface area contributed by atoms with E-state index < -0.39 is 10.7 Å². The van der Waals surface area contributed by atoms with E-state index in [1.54, 1.807) is 11.8 Å². The van der Waals surface area contributed by atoms with Gasteiger partial charge < -0.3 is 9.64 Å². The molecule has 1 aliphatic rings. The van der Waals surface area contributed by atoms with Gasteiger partial charge in [-0.25, -0.2) is 4.39 Å². The second kappa shape index (κ2) is 6.51. The van der Waals surface area contributed by atoms with Gasteiger partial charge in [0, 0.05) is 13.1 Å². The predicted octanol–water partition coefficient (Wildman–Crippen LogP) is 2.51. The molecule has 7 heteroatoms. The molecule has 0 aliphatic carbocycles. The molecule has 1 aromatic carbocycles. The zero-order valence-corrected chi connectivity index (χ0v) is 11.8. The van der Waals surface area contributed by atoms with E-state index in [1.807, 2.05) is 0 Å². The number of carbonyl (C=O) groups is 1. The summed E-state index contributed by atoms with van der Waals surface area (Å²) in [6.07, 6.45) is 1.43. The van der Waals surface area contributed by atoms with Crippen molar-refractivity contribution in [1.29, 1.82) is 0 Å². The molecule has 0 spiro atoms. The van der Waals surface area contributed by atoms with Gasteiger partial charge in [-0.05, 0) is 31.9 Å². The lowest BCUT2D eigenvalue weighted by Crippen LogP contribution is -2.39. The second-order valence-corrected chi connectivity index (χ2v) is 4.93. The fourth-order valence-corrected chi connectivity index (χ4v) is 2.56. The molecular weight excluding hydrogens is 279 g/mol. The smallest absolute Gasteiger partial charge is 0.310 e.